The van der Waals surface area contributed by atoms with Gasteiger partial charge in [0.1, 0.15) is 0 Å². The van der Waals surface area contributed by atoms with Crippen molar-refractivity contribution in [1.82, 2.24) is 4.90 Å². The van der Waals surface area contributed by atoms with Crippen LogP contribution in [-0.4, -0.2) is 24.5 Å². The normalized spacial score (nSPS) is 22.6. The van der Waals surface area contributed by atoms with Crippen LogP contribution in [0.15, 0.2) is 18.2 Å². The highest BCUT2D eigenvalue weighted by atomic mass is 35.5. The summed E-state index contributed by atoms with van der Waals surface area (Å²) in [6.45, 7) is 4.17. The zero-order valence-corrected chi connectivity index (χ0v) is 14.4. The summed E-state index contributed by atoms with van der Waals surface area (Å²) in [5, 5.41) is 0.932. The Hall–Kier alpha value is -0.570. The summed E-state index contributed by atoms with van der Waals surface area (Å²) in [5.74, 6) is 0. The predicted molar refractivity (Wildman–Crippen MR) is 94.4 cm³/mol. The second kappa shape index (κ2) is 7.33. The Morgan fingerprint density at radius 3 is 2.32 bits per heavy atom. The molecule has 0 aromatic heterocycles. The number of hydrogen-bond acceptors (Lipinski definition) is 2. The summed E-state index contributed by atoms with van der Waals surface area (Å²) in [4.78, 5) is 2.53. The smallest absolute Gasteiger partial charge is 0.0453 e. The minimum absolute atomic E-state index is 0.172. The molecule has 2 aliphatic rings. The van der Waals surface area contributed by atoms with Gasteiger partial charge in [-0.2, -0.15) is 0 Å². The lowest BCUT2D eigenvalue weighted by Crippen LogP contribution is -2.37. The minimum atomic E-state index is 0.172. The lowest BCUT2D eigenvalue weighted by atomic mass is 9.69. The average molecular weight is 321 g/mol. The molecule has 0 amide bonds. The number of piperidine rings is 1. The van der Waals surface area contributed by atoms with Crippen LogP contribution in [0.2, 0.25) is 5.02 Å². The molecule has 0 spiro atoms. The molecule has 1 saturated heterocycles. The molecule has 2 N–H and O–H groups in total. The maximum atomic E-state index is 6.62. The first-order chi connectivity index (χ1) is 10.7. The van der Waals surface area contributed by atoms with Crippen molar-refractivity contribution in [2.24, 2.45) is 5.73 Å². The van der Waals surface area contributed by atoms with E-state index in [-0.39, 0.29) is 5.41 Å². The van der Waals surface area contributed by atoms with E-state index in [4.69, 9.17) is 17.3 Å². The highest BCUT2D eigenvalue weighted by Gasteiger charge is 2.32. The second-order valence-corrected chi connectivity index (χ2v) is 7.60. The monoisotopic (exact) mass is 320 g/mol. The van der Waals surface area contributed by atoms with E-state index in [9.17, 15) is 0 Å². The highest BCUT2D eigenvalue weighted by molar-refractivity contribution is 6.31. The van der Waals surface area contributed by atoms with Crippen molar-refractivity contribution >= 4 is 11.6 Å². The van der Waals surface area contributed by atoms with Gasteiger partial charge >= 0.3 is 0 Å². The van der Waals surface area contributed by atoms with Crippen LogP contribution in [0.3, 0.4) is 0 Å². The van der Waals surface area contributed by atoms with Crippen LogP contribution in [0.1, 0.15) is 62.5 Å². The zero-order chi connectivity index (χ0) is 15.4. The number of hydrogen-bond donors (Lipinski definition) is 1. The Kier molecular flexibility index (Phi) is 5.43. The van der Waals surface area contributed by atoms with Crippen molar-refractivity contribution in [2.45, 2.75) is 63.3 Å². The molecule has 1 aromatic rings. The Bertz CT molecular complexity index is 488. The molecule has 22 heavy (non-hydrogen) atoms. The van der Waals surface area contributed by atoms with Crippen molar-refractivity contribution in [2.75, 3.05) is 19.6 Å². The van der Waals surface area contributed by atoms with Gasteiger partial charge in [-0.05, 0) is 56.0 Å². The van der Waals surface area contributed by atoms with Gasteiger partial charge < -0.3 is 5.73 Å². The van der Waals surface area contributed by atoms with Gasteiger partial charge in [0.2, 0.25) is 0 Å². The molecule has 0 bridgehead atoms. The van der Waals surface area contributed by atoms with E-state index in [1.165, 1.54) is 75.6 Å². The fourth-order valence-electron chi connectivity index (χ4n) is 4.20. The maximum Gasteiger partial charge on any atom is 0.0453 e. The number of likely N-dealkylation sites (tertiary alicyclic amines) is 1. The van der Waals surface area contributed by atoms with Gasteiger partial charge in [-0.3, -0.25) is 4.90 Å². The SMILES string of the molecule is NCC1(c2ccc(CN3CCCCC3)c(Cl)c2)CCCCC1. The molecule has 2 fully saturated rings. The van der Waals surface area contributed by atoms with Crippen LogP contribution in [-0.2, 0) is 12.0 Å². The predicted octanol–water partition coefficient (Wildman–Crippen LogP) is 4.49. The summed E-state index contributed by atoms with van der Waals surface area (Å²) in [6.07, 6.45) is 10.4. The average Bonchev–Trinajstić information content (AvgIpc) is 2.58. The molecule has 0 unspecified atom stereocenters. The topological polar surface area (TPSA) is 29.3 Å². The molecule has 0 radical (unpaired) electrons. The third kappa shape index (κ3) is 3.50. The van der Waals surface area contributed by atoms with Crippen molar-refractivity contribution in [3.8, 4) is 0 Å². The molecular formula is C19H29ClN2. The number of halogens is 1. The molecule has 1 saturated carbocycles. The summed E-state index contributed by atoms with van der Waals surface area (Å²) in [6, 6.07) is 6.75. The number of nitrogens with two attached hydrogens (primary N) is 1. The van der Waals surface area contributed by atoms with Gasteiger partial charge in [0, 0.05) is 23.5 Å². The maximum absolute atomic E-state index is 6.62. The first-order valence-electron chi connectivity index (χ1n) is 8.95. The van der Waals surface area contributed by atoms with Gasteiger partial charge in [-0.25, -0.2) is 0 Å². The van der Waals surface area contributed by atoms with Gasteiger partial charge in [0.15, 0.2) is 0 Å². The van der Waals surface area contributed by atoms with Crippen molar-refractivity contribution < 1.29 is 0 Å². The minimum Gasteiger partial charge on any atom is -0.330 e. The fraction of sp³-hybridized carbons (Fsp3) is 0.684. The van der Waals surface area contributed by atoms with Gasteiger partial charge in [0.25, 0.3) is 0 Å². The lowest BCUT2D eigenvalue weighted by molar-refractivity contribution is 0.221. The fourth-order valence-corrected chi connectivity index (χ4v) is 4.44. The summed E-state index contributed by atoms with van der Waals surface area (Å²) in [7, 11) is 0. The summed E-state index contributed by atoms with van der Waals surface area (Å²) < 4.78 is 0. The molecule has 2 nitrogen and oxygen atoms in total. The molecule has 1 aromatic carbocycles. The highest BCUT2D eigenvalue weighted by Crippen LogP contribution is 2.40. The van der Waals surface area contributed by atoms with Crippen LogP contribution in [0.25, 0.3) is 0 Å². The molecule has 3 heteroatoms. The van der Waals surface area contributed by atoms with Crippen LogP contribution in [0, 0.1) is 0 Å². The van der Waals surface area contributed by atoms with E-state index < -0.39 is 0 Å². The first-order valence-corrected chi connectivity index (χ1v) is 9.33. The first kappa shape index (κ1) is 16.3. The van der Waals surface area contributed by atoms with Crippen LogP contribution in [0.4, 0.5) is 0 Å². The number of benzene rings is 1. The van der Waals surface area contributed by atoms with Crippen LogP contribution in [0.5, 0.6) is 0 Å². The van der Waals surface area contributed by atoms with E-state index in [0.717, 1.165) is 18.1 Å². The Morgan fingerprint density at radius 1 is 1.00 bits per heavy atom. The summed E-state index contributed by atoms with van der Waals surface area (Å²) >= 11 is 6.62. The van der Waals surface area contributed by atoms with E-state index in [1.807, 2.05) is 0 Å². The third-order valence-corrected chi connectivity index (χ3v) is 6.06. The van der Waals surface area contributed by atoms with E-state index in [0.29, 0.717) is 0 Å². The molecule has 1 aliphatic heterocycles. The van der Waals surface area contributed by atoms with E-state index >= 15 is 0 Å². The Balaban J connectivity index is 1.76. The quantitative estimate of drug-likeness (QED) is 0.885. The lowest BCUT2D eigenvalue weighted by Gasteiger charge is -2.37. The third-order valence-electron chi connectivity index (χ3n) is 5.71. The van der Waals surface area contributed by atoms with Gasteiger partial charge in [-0.15, -0.1) is 0 Å². The second-order valence-electron chi connectivity index (χ2n) is 7.19. The van der Waals surface area contributed by atoms with E-state index in [1.54, 1.807) is 0 Å². The molecular weight excluding hydrogens is 292 g/mol. The molecule has 1 heterocycles. The Labute approximate surface area is 140 Å². The number of nitrogens with zero attached hydrogens (tertiary/aromatic N) is 1. The molecule has 3 rings (SSSR count). The standard InChI is InChI=1S/C19H29ClN2/c20-18-13-17(19(15-21)9-3-1-4-10-19)8-7-16(18)14-22-11-5-2-6-12-22/h7-8,13H,1-6,9-12,14-15,21H2. The molecule has 0 atom stereocenters. The molecule has 122 valence electrons. The van der Waals surface area contributed by atoms with Crippen LogP contribution >= 0.6 is 11.6 Å². The van der Waals surface area contributed by atoms with Crippen molar-refractivity contribution in [1.29, 1.82) is 0 Å². The van der Waals surface area contributed by atoms with Gasteiger partial charge in [0.05, 0.1) is 0 Å². The molecule has 1 aliphatic carbocycles. The largest absolute Gasteiger partial charge is 0.330 e. The van der Waals surface area contributed by atoms with Gasteiger partial charge in [-0.1, -0.05) is 49.4 Å². The Morgan fingerprint density at radius 2 is 1.68 bits per heavy atom. The summed E-state index contributed by atoms with van der Waals surface area (Å²) in [5.41, 5.74) is 8.97. The van der Waals surface area contributed by atoms with Crippen molar-refractivity contribution in [3.05, 3.63) is 34.3 Å². The zero-order valence-electron chi connectivity index (χ0n) is 13.6. The van der Waals surface area contributed by atoms with Crippen molar-refractivity contribution in [3.63, 3.8) is 0 Å². The van der Waals surface area contributed by atoms with Crippen LogP contribution < -0.4 is 5.73 Å². The van der Waals surface area contributed by atoms with E-state index in [2.05, 4.69) is 23.1 Å². The number of rotatable bonds is 4.